The van der Waals surface area contributed by atoms with Crippen LogP contribution in [0.3, 0.4) is 0 Å². The summed E-state index contributed by atoms with van der Waals surface area (Å²) < 4.78 is 56.2. The van der Waals surface area contributed by atoms with E-state index in [9.17, 15) is 17.6 Å². The van der Waals surface area contributed by atoms with Crippen molar-refractivity contribution in [1.29, 1.82) is 0 Å². The molecule has 1 aromatic carbocycles. The summed E-state index contributed by atoms with van der Waals surface area (Å²) in [6.07, 6.45) is -4.77. The average molecular weight is 336 g/mol. The van der Waals surface area contributed by atoms with Crippen molar-refractivity contribution in [3.8, 4) is 11.6 Å². The molecule has 0 spiro atoms. The number of rotatable bonds is 2. The normalized spacial score (nSPS) is 11.4. The Balaban J connectivity index is 2.32. The highest BCUT2D eigenvalue weighted by Crippen LogP contribution is 2.34. The highest BCUT2D eigenvalue weighted by atomic mass is 79.9. The maximum Gasteiger partial charge on any atom is 0.419 e. The van der Waals surface area contributed by atoms with E-state index in [4.69, 9.17) is 4.74 Å². The number of pyridine rings is 1. The zero-order chi connectivity index (χ0) is 14.0. The lowest BCUT2D eigenvalue weighted by Gasteiger charge is -2.10. The van der Waals surface area contributed by atoms with Gasteiger partial charge in [-0.25, -0.2) is 9.37 Å². The smallest absolute Gasteiger partial charge is 0.419 e. The van der Waals surface area contributed by atoms with Gasteiger partial charge in [0, 0.05) is 6.07 Å². The van der Waals surface area contributed by atoms with Crippen molar-refractivity contribution in [1.82, 2.24) is 4.98 Å². The Morgan fingerprint density at radius 2 is 1.84 bits per heavy atom. The average Bonchev–Trinajstić information content (AvgIpc) is 2.30. The first kappa shape index (κ1) is 13.8. The Kier molecular flexibility index (Phi) is 3.75. The minimum Gasteiger partial charge on any atom is -0.439 e. The molecule has 1 aromatic heterocycles. The van der Waals surface area contributed by atoms with Crippen LogP contribution in [0.2, 0.25) is 0 Å². The Hall–Kier alpha value is -1.63. The van der Waals surface area contributed by atoms with Crippen molar-refractivity contribution in [2.75, 3.05) is 0 Å². The number of hydrogen-bond donors (Lipinski definition) is 0. The molecule has 0 bridgehead atoms. The fourth-order valence-corrected chi connectivity index (χ4v) is 1.68. The Labute approximate surface area is 114 Å². The molecular weight excluding hydrogens is 330 g/mol. The highest BCUT2D eigenvalue weighted by Gasteiger charge is 2.34. The zero-order valence-corrected chi connectivity index (χ0v) is 10.8. The molecule has 0 saturated carbocycles. The molecule has 7 heteroatoms. The Bertz CT molecular complexity index is 601. The monoisotopic (exact) mass is 335 g/mol. The van der Waals surface area contributed by atoms with Crippen LogP contribution in [0.1, 0.15) is 5.56 Å². The van der Waals surface area contributed by atoms with Crippen LogP contribution in [-0.2, 0) is 6.18 Å². The second kappa shape index (κ2) is 5.16. The van der Waals surface area contributed by atoms with E-state index in [-0.39, 0.29) is 11.6 Å². The summed E-state index contributed by atoms with van der Waals surface area (Å²) in [5, 5.41) is 0. The van der Waals surface area contributed by atoms with Gasteiger partial charge in [-0.15, -0.1) is 0 Å². The third-order valence-electron chi connectivity index (χ3n) is 2.16. The lowest BCUT2D eigenvalue weighted by atomic mass is 10.2. The van der Waals surface area contributed by atoms with Gasteiger partial charge < -0.3 is 4.74 Å². The number of nitrogens with zero attached hydrogens (tertiary/aromatic N) is 1. The van der Waals surface area contributed by atoms with Gasteiger partial charge in [-0.1, -0.05) is 6.07 Å². The number of halogens is 5. The quantitative estimate of drug-likeness (QED) is 0.581. The summed E-state index contributed by atoms with van der Waals surface area (Å²) in [5.41, 5.74) is -1.38. The van der Waals surface area contributed by atoms with E-state index in [0.29, 0.717) is 16.7 Å². The molecule has 1 heterocycles. The molecule has 0 fully saturated rings. The number of hydrogen-bond acceptors (Lipinski definition) is 2. The van der Waals surface area contributed by atoms with Crippen molar-refractivity contribution in [2.24, 2.45) is 0 Å². The van der Waals surface area contributed by atoms with Crippen LogP contribution in [-0.4, -0.2) is 4.98 Å². The number of ether oxygens (including phenoxy) is 1. The molecule has 2 aromatic rings. The van der Waals surface area contributed by atoms with Gasteiger partial charge in [0.05, 0.1) is 5.56 Å². The first-order chi connectivity index (χ1) is 8.86. The van der Waals surface area contributed by atoms with Gasteiger partial charge in [0.15, 0.2) is 0 Å². The first-order valence-corrected chi connectivity index (χ1v) is 5.83. The third kappa shape index (κ3) is 3.44. The fraction of sp³-hybridized carbons (Fsp3) is 0.0833. The van der Waals surface area contributed by atoms with Crippen molar-refractivity contribution >= 4 is 15.9 Å². The van der Waals surface area contributed by atoms with Crippen LogP contribution in [0.4, 0.5) is 17.6 Å². The molecule has 2 rings (SSSR count). The van der Waals surface area contributed by atoms with Crippen LogP contribution >= 0.6 is 15.9 Å². The van der Waals surface area contributed by atoms with Gasteiger partial charge in [-0.2, -0.15) is 13.2 Å². The third-order valence-corrected chi connectivity index (χ3v) is 2.60. The molecule has 0 N–H and O–H groups in total. The van der Waals surface area contributed by atoms with Crippen LogP contribution in [0.25, 0.3) is 0 Å². The minimum absolute atomic E-state index is 0.106. The van der Waals surface area contributed by atoms with Crippen molar-refractivity contribution in [2.45, 2.75) is 6.18 Å². The van der Waals surface area contributed by atoms with Crippen LogP contribution in [0.5, 0.6) is 11.6 Å². The predicted octanol–water partition coefficient (Wildman–Crippen LogP) is 4.79. The molecule has 19 heavy (non-hydrogen) atoms. The van der Waals surface area contributed by atoms with Crippen molar-refractivity contribution < 1.29 is 22.3 Å². The molecule has 0 aliphatic rings. The molecule has 0 aliphatic heterocycles. The summed E-state index contributed by atoms with van der Waals surface area (Å²) in [5.74, 6) is -1.38. The lowest BCUT2D eigenvalue weighted by molar-refractivity contribution is -0.140. The summed E-state index contributed by atoms with van der Waals surface area (Å²) in [7, 11) is 0. The first-order valence-electron chi connectivity index (χ1n) is 5.03. The van der Waals surface area contributed by atoms with E-state index in [0.717, 1.165) is 6.07 Å². The predicted molar refractivity (Wildman–Crippen MR) is 63.4 cm³/mol. The molecule has 0 unspecified atom stereocenters. The standard InChI is InChI=1S/C12H6BrF4NO/c13-10-2-1-3-11(18-10)19-7-4-5-9(14)8(6-7)12(15,16)17/h1-6H. The Morgan fingerprint density at radius 1 is 1.11 bits per heavy atom. The second-order valence-electron chi connectivity index (χ2n) is 3.54. The minimum atomic E-state index is -4.77. The summed E-state index contributed by atoms with van der Waals surface area (Å²) in [6.45, 7) is 0. The van der Waals surface area contributed by atoms with Gasteiger partial charge in [-0.05, 0) is 40.2 Å². The van der Waals surface area contributed by atoms with Gasteiger partial charge in [0.2, 0.25) is 5.88 Å². The van der Waals surface area contributed by atoms with E-state index >= 15 is 0 Å². The van der Waals surface area contributed by atoms with Gasteiger partial charge >= 0.3 is 6.18 Å². The summed E-state index contributed by atoms with van der Waals surface area (Å²) in [4.78, 5) is 3.90. The molecule has 0 atom stereocenters. The summed E-state index contributed by atoms with van der Waals surface area (Å²) in [6, 6.07) is 7.13. The molecule has 2 nitrogen and oxygen atoms in total. The van der Waals surface area contributed by atoms with Crippen LogP contribution in [0.15, 0.2) is 41.0 Å². The largest absolute Gasteiger partial charge is 0.439 e. The molecule has 0 radical (unpaired) electrons. The summed E-state index contributed by atoms with van der Waals surface area (Å²) >= 11 is 3.10. The van der Waals surface area contributed by atoms with Crippen LogP contribution in [0, 0.1) is 5.82 Å². The highest BCUT2D eigenvalue weighted by molar-refractivity contribution is 9.10. The maximum atomic E-state index is 13.1. The van der Waals surface area contributed by atoms with Crippen molar-refractivity contribution in [3.05, 3.63) is 52.4 Å². The van der Waals surface area contributed by atoms with Crippen molar-refractivity contribution in [3.63, 3.8) is 0 Å². The van der Waals surface area contributed by atoms with E-state index in [2.05, 4.69) is 20.9 Å². The zero-order valence-electron chi connectivity index (χ0n) is 9.21. The molecule has 0 aliphatic carbocycles. The topological polar surface area (TPSA) is 22.1 Å². The lowest BCUT2D eigenvalue weighted by Crippen LogP contribution is -2.08. The van der Waals surface area contributed by atoms with E-state index in [1.807, 2.05) is 0 Å². The number of benzene rings is 1. The van der Waals surface area contributed by atoms with Gasteiger partial charge in [0.25, 0.3) is 0 Å². The SMILES string of the molecule is Fc1ccc(Oc2cccc(Br)n2)cc1C(F)(F)F. The molecule has 100 valence electrons. The van der Waals surface area contributed by atoms with Gasteiger partial charge in [0.1, 0.15) is 16.2 Å². The van der Waals surface area contributed by atoms with E-state index < -0.39 is 17.6 Å². The Morgan fingerprint density at radius 3 is 2.47 bits per heavy atom. The van der Waals surface area contributed by atoms with Gasteiger partial charge in [-0.3, -0.25) is 0 Å². The maximum absolute atomic E-state index is 13.1. The number of alkyl halides is 3. The number of aromatic nitrogens is 1. The fourth-order valence-electron chi connectivity index (χ4n) is 1.35. The second-order valence-corrected chi connectivity index (χ2v) is 4.35. The van der Waals surface area contributed by atoms with Crippen LogP contribution < -0.4 is 4.74 Å². The van der Waals surface area contributed by atoms with E-state index in [1.165, 1.54) is 6.07 Å². The molecule has 0 saturated heterocycles. The van der Waals surface area contributed by atoms with E-state index in [1.54, 1.807) is 12.1 Å². The molecular formula is C12H6BrF4NO. The molecule has 0 amide bonds.